The van der Waals surface area contributed by atoms with Gasteiger partial charge < -0.3 is 15.6 Å². The number of carbonyl (C=O) groups is 2. The van der Waals surface area contributed by atoms with Crippen LogP contribution in [0.1, 0.15) is 46.4 Å². The molecular weight excluding hydrogens is 463 g/mol. The van der Waals surface area contributed by atoms with E-state index in [1.165, 1.54) is 24.7 Å². The highest BCUT2D eigenvalue weighted by Crippen LogP contribution is 2.49. The monoisotopic (exact) mass is 485 g/mol. The van der Waals surface area contributed by atoms with Crippen LogP contribution in [0.25, 0.3) is 0 Å². The molecule has 4 rings (SSSR count). The summed E-state index contributed by atoms with van der Waals surface area (Å²) in [5.74, 6) is -0.564. The molecule has 1 aliphatic carbocycles. The second kappa shape index (κ2) is 9.32. The Labute approximate surface area is 198 Å². The predicted molar refractivity (Wildman–Crippen MR) is 121 cm³/mol. The zero-order chi connectivity index (χ0) is 25.2. The lowest BCUT2D eigenvalue weighted by Crippen LogP contribution is -2.33. The molecule has 0 saturated heterocycles. The Hall–Kier alpha value is -4.02. The van der Waals surface area contributed by atoms with E-state index in [1.807, 2.05) is 0 Å². The maximum Gasteiger partial charge on any atom is 0.418 e. The van der Waals surface area contributed by atoms with Crippen LogP contribution >= 0.6 is 0 Å². The number of nitrogens with zero attached hydrogens (tertiary/aromatic N) is 2. The Morgan fingerprint density at radius 1 is 1.11 bits per heavy atom. The molecule has 1 amide bonds. The number of aromatic amines is 1. The normalized spacial score (nSPS) is 14.3. The van der Waals surface area contributed by atoms with Gasteiger partial charge in [-0.05, 0) is 44.0 Å². The van der Waals surface area contributed by atoms with E-state index >= 15 is 0 Å². The molecule has 0 radical (unpaired) electrons. The number of hydrogen-bond donors (Lipinski definition) is 3. The Kier molecular flexibility index (Phi) is 6.42. The topological polar surface area (TPSA) is 117 Å². The number of hydrogen-bond acceptors (Lipinski definition) is 6. The number of Topliss-reactive ketones (excluding diaryl/α,β-unsaturated/α-hetero) is 1. The van der Waals surface area contributed by atoms with Crippen molar-refractivity contribution in [1.29, 1.82) is 0 Å². The van der Waals surface area contributed by atoms with Crippen LogP contribution in [0.2, 0.25) is 0 Å². The van der Waals surface area contributed by atoms with Gasteiger partial charge in [0.1, 0.15) is 0 Å². The van der Waals surface area contributed by atoms with E-state index in [0.29, 0.717) is 29.8 Å². The highest BCUT2D eigenvalue weighted by molar-refractivity contribution is 6.00. The van der Waals surface area contributed by atoms with Crippen molar-refractivity contribution in [3.8, 4) is 0 Å². The van der Waals surface area contributed by atoms with Crippen LogP contribution in [0, 0.1) is 12.3 Å². The summed E-state index contributed by atoms with van der Waals surface area (Å²) in [4.78, 5) is 46.3. The van der Waals surface area contributed by atoms with Crippen molar-refractivity contribution in [2.24, 2.45) is 5.41 Å². The first kappa shape index (κ1) is 24.1. The van der Waals surface area contributed by atoms with Gasteiger partial charge in [-0.1, -0.05) is 11.6 Å². The number of alkyl halides is 3. The SMILES string of the molecule is Cc1ccc(Nc2ccc(CNC(=O)C3(CC(=O)c4cnc(=O)[nH]c4)CC3)nc2)c(C(F)(F)F)c1. The average molecular weight is 485 g/mol. The fourth-order valence-corrected chi connectivity index (χ4v) is 3.66. The van der Waals surface area contributed by atoms with Crippen LogP contribution in [0.15, 0.2) is 53.7 Å². The van der Waals surface area contributed by atoms with Crippen LogP contribution in [-0.4, -0.2) is 26.6 Å². The zero-order valence-corrected chi connectivity index (χ0v) is 18.7. The number of amides is 1. The van der Waals surface area contributed by atoms with Crippen LogP contribution < -0.4 is 16.3 Å². The molecule has 8 nitrogen and oxygen atoms in total. The fraction of sp³-hybridized carbons (Fsp3) is 0.292. The summed E-state index contributed by atoms with van der Waals surface area (Å²) < 4.78 is 40.0. The fourth-order valence-electron chi connectivity index (χ4n) is 3.66. The largest absolute Gasteiger partial charge is 0.418 e. The molecule has 1 fully saturated rings. The highest BCUT2D eigenvalue weighted by atomic mass is 19.4. The van der Waals surface area contributed by atoms with E-state index in [-0.39, 0.29) is 35.9 Å². The number of carbonyl (C=O) groups excluding carboxylic acids is 2. The molecule has 0 unspecified atom stereocenters. The van der Waals surface area contributed by atoms with Crippen LogP contribution in [-0.2, 0) is 17.5 Å². The molecule has 1 aliphatic rings. The molecule has 0 aliphatic heterocycles. The summed E-state index contributed by atoms with van der Waals surface area (Å²) in [5.41, 5.74) is -0.598. The summed E-state index contributed by atoms with van der Waals surface area (Å²) in [6.45, 7) is 1.69. The molecule has 11 heteroatoms. The lowest BCUT2D eigenvalue weighted by molar-refractivity contribution is -0.137. The molecule has 182 valence electrons. The molecular formula is C24H22F3N5O3. The molecule has 2 heterocycles. The Morgan fingerprint density at radius 3 is 2.49 bits per heavy atom. The van der Waals surface area contributed by atoms with Crippen LogP contribution in [0.4, 0.5) is 24.5 Å². The summed E-state index contributed by atoms with van der Waals surface area (Å²) in [7, 11) is 0. The average Bonchev–Trinajstić information content (AvgIpc) is 3.60. The molecule has 1 aromatic carbocycles. The number of nitrogens with one attached hydrogen (secondary N) is 3. The second-order valence-corrected chi connectivity index (χ2v) is 8.58. The van der Waals surface area contributed by atoms with E-state index in [9.17, 15) is 27.6 Å². The van der Waals surface area contributed by atoms with Crippen molar-refractivity contribution >= 4 is 23.1 Å². The summed E-state index contributed by atoms with van der Waals surface area (Å²) >= 11 is 0. The first-order valence-corrected chi connectivity index (χ1v) is 10.8. The van der Waals surface area contributed by atoms with E-state index < -0.39 is 22.8 Å². The first-order chi connectivity index (χ1) is 16.6. The predicted octanol–water partition coefficient (Wildman–Crippen LogP) is 3.91. The Morgan fingerprint density at radius 2 is 1.89 bits per heavy atom. The van der Waals surface area contributed by atoms with Gasteiger partial charge in [0.25, 0.3) is 0 Å². The van der Waals surface area contributed by atoms with Crippen molar-refractivity contribution in [3.05, 3.63) is 81.8 Å². The maximum absolute atomic E-state index is 13.3. The summed E-state index contributed by atoms with van der Waals surface area (Å²) in [6.07, 6.45) is 0.482. The minimum Gasteiger partial charge on any atom is -0.354 e. The third-order valence-corrected chi connectivity index (χ3v) is 5.84. The van der Waals surface area contributed by atoms with Gasteiger partial charge >= 0.3 is 11.9 Å². The van der Waals surface area contributed by atoms with Crippen LogP contribution in [0.5, 0.6) is 0 Å². The molecule has 1 saturated carbocycles. The minimum atomic E-state index is -4.50. The van der Waals surface area contributed by atoms with Gasteiger partial charge in [-0.2, -0.15) is 13.2 Å². The number of aryl methyl sites for hydroxylation is 1. The molecule has 2 aromatic heterocycles. The van der Waals surface area contributed by atoms with Crippen molar-refractivity contribution < 1.29 is 22.8 Å². The van der Waals surface area contributed by atoms with Crippen LogP contribution in [0.3, 0.4) is 0 Å². The molecule has 3 aromatic rings. The number of benzene rings is 1. The van der Waals surface area contributed by atoms with Gasteiger partial charge in [0, 0.05) is 18.8 Å². The molecule has 0 bridgehead atoms. The summed E-state index contributed by atoms with van der Waals surface area (Å²) in [6, 6.07) is 7.20. The van der Waals surface area contributed by atoms with Crippen molar-refractivity contribution in [2.45, 2.75) is 38.9 Å². The number of rotatable bonds is 8. The van der Waals surface area contributed by atoms with E-state index in [1.54, 1.807) is 25.1 Å². The van der Waals surface area contributed by atoms with E-state index in [4.69, 9.17) is 0 Å². The van der Waals surface area contributed by atoms with E-state index in [0.717, 1.165) is 6.07 Å². The molecule has 3 N–H and O–H groups in total. The first-order valence-electron chi connectivity index (χ1n) is 10.8. The standard InChI is InChI=1S/C24H22F3N5O3/c1-14-2-5-19(18(8-14)24(25,26)27)32-17-4-3-16(28-13-17)12-29-21(34)23(6-7-23)9-20(33)15-10-30-22(35)31-11-15/h2-5,8,10-11,13,32H,6-7,9,12H2,1H3,(H,29,34)(H,30,31,35). The zero-order valence-electron chi connectivity index (χ0n) is 18.7. The van der Waals surface area contributed by atoms with Gasteiger partial charge in [0.05, 0.1) is 46.4 Å². The van der Waals surface area contributed by atoms with Gasteiger partial charge in [-0.3, -0.25) is 14.6 Å². The minimum absolute atomic E-state index is 0.000925. The van der Waals surface area contributed by atoms with Crippen molar-refractivity contribution in [3.63, 3.8) is 0 Å². The summed E-state index contributed by atoms with van der Waals surface area (Å²) in [5, 5.41) is 5.51. The van der Waals surface area contributed by atoms with Gasteiger partial charge in [0.15, 0.2) is 5.78 Å². The van der Waals surface area contributed by atoms with Crippen molar-refractivity contribution in [2.75, 3.05) is 5.32 Å². The third-order valence-electron chi connectivity index (χ3n) is 5.84. The second-order valence-electron chi connectivity index (χ2n) is 8.58. The van der Waals surface area contributed by atoms with E-state index in [2.05, 4.69) is 25.6 Å². The van der Waals surface area contributed by atoms with Gasteiger partial charge in [-0.25, -0.2) is 9.78 Å². The third kappa shape index (κ3) is 5.73. The molecule has 0 atom stereocenters. The number of pyridine rings is 1. The number of aromatic nitrogens is 3. The van der Waals surface area contributed by atoms with Gasteiger partial charge in [0.2, 0.25) is 5.91 Å². The molecule has 0 spiro atoms. The number of anilines is 2. The number of H-pyrrole nitrogens is 1. The van der Waals surface area contributed by atoms with Crippen molar-refractivity contribution in [1.82, 2.24) is 20.3 Å². The lowest BCUT2D eigenvalue weighted by atomic mass is 9.96. The lowest BCUT2D eigenvalue weighted by Gasteiger charge is -2.16. The Bertz CT molecular complexity index is 1290. The quantitative estimate of drug-likeness (QED) is 0.417. The smallest absolute Gasteiger partial charge is 0.354 e. The number of ketones is 1. The number of halogens is 3. The maximum atomic E-state index is 13.3. The van der Waals surface area contributed by atoms with Gasteiger partial charge in [-0.15, -0.1) is 0 Å². The Balaban J connectivity index is 1.35. The highest BCUT2D eigenvalue weighted by Gasteiger charge is 2.51. The molecule has 35 heavy (non-hydrogen) atoms.